The second-order valence-corrected chi connectivity index (χ2v) is 5.51. The van der Waals surface area contributed by atoms with E-state index in [-0.39, 0.29) is 11.6 Å². The highest BCUT2D eigenvalue weighted by molar-refractivity contribution is 5.94. The SMILES string of the molecule is O=C(OC12Oc3ccccc3OC1CCN1CNN=C12)C(F)(F)F. The van der Waals surface area contributed by atoms with Gasteiger partial charge in [0.15, 0.2) is 17.6 Å². The van der Waals surface area contributed by atoms with Gasteiger partial charge < -0.3 is 19.1 Å². The van der Waals surface area contributed by atoms with Crippen LogP contribution in [0.2, 0.25) is 0 Å². The highest BCUT2D eigenvalue weighted by atomic mass is 19.4. The molecule has 1 aromatic carbocycles. The lowest BCUT2D eigenvalue weighted by molar-refractivity contribution is -0.248. The fourth-order valence-corrected chi connectivity index (χ4v) is 2.96. The number of para-hydroxylation sites is 2. The Labute approximate surface area is 134 Å². The van der Waals surface area contributed by atoms with E-state index in [0.717, 1.165) is 0 Å². The average molecular weight is 343 g/mol. The van der Waals surface area contributed by atoms with Gasteiger partial charge in [0.2, 0.25) is 5.84 Å². The van der Waals surface area contributed by atoms with Gasteiger partial charge in [-0.3, -0.25) is 5.43 Å². The first-order valence-electron chi connectivity index (χ1n) is 7.21. The molecule has 0 aliphatic carbocycles. The smallest absolute Gasteiger partial charge is 0.478 e. The van der Waals surface area contributed by atoms with E-state index < -0.39 is 24.0 Å². The first-order valence-corrected chi connectivity index (χ1v) is 7.21. The number of fused-ring (bicyclic) bond motifs is 4. The Morgan fingerprint density at radius 2 is 2.12 bits per heavy atom. The van der Waals surface area contributed by atoms with Gasteiger partial charge in [-0.2, -0.15) is 18.3 Å². The van der Waals surface area contributed by atoms with Crippen molar-refractivity contribution in [2.75, 3.05) is 13.2 Å². The van der Waals surface area contributed by atoms with Gasteiger partial charge in [0.25, 0.3) is 0 Å². The molecular formula is C14H12F3N3O4. The van der Waals surface area contributed by atoms with Gasteiger partial charge in [-0.15, -0.1) is 0 Å². The maximum atomic E-state index is 12.8. The van der Waals surface area contributed by atoms with Gasteiger partial charge >= 0.3 is 17.9 Å². The predicted octanol–water partition coefficient (Wildman–Crippen LogP) is 1.21. The monoisotopic (exact) mass is 343 g/mol. The summed E-state index contributed by atoms with van der Waals surface area (Å²) in [5.74, 6) is -3.82. The molecule has 3 heterocycles. The van der Waals surface area contributed by atoms with Crippen LogP contribution in [0.1, 0.15) is 6.42 Å². The largest absolute Gasteiger partial charge is 0.491 e. The molecule has 2 unspecified atom stereocenters. The van der Waals surface area contributed by atoms with Crippen molar-refractivity contribution < 1.29 is 32.2 Å². The molecule has 0 radical (unpaired) electrons. The van der Waals surface area contributed by atoms with Gasteiger partial charge in [0, 0.05) is 13.0 Å². The molecule has 7 nitrogen and oxygen atoms in total. The number of carbonyl (C=O) groups is 1. The minimum absolute atomic E-state index is 0.0610. The molecule has 0 bridgehead atoms. The standard InChI is InChI=1S/C14H12F3N3O4/c15-14(16,17)12(21)24-13-10(5-6-20-7-18-19-11(13)20)22-8-3-1-2-4-9(8)23-13/h1-4,10,18H,5-7H2. The van der Waals surface area contributed by atoms with Crippen molar-refractivity contribution >= 4 is 11.8 Å². The lowest BCUT2D eigenvalue weighted by Gasteiger charge is -2.47. The summed E-state index contributed by atoms with van der Waals surface area (Å²) in [7, 11) is 0. The van der Waals surface area contributed by atoms with E-state index in [4.69, 9.17) is 14.2 Å². The van der Waals surface area contributed by atoms with Crippen molar-refractivity contribution in [3.8, 4) is 11.5 Å². The highest BCUT2D eigenvalue weighted by Gasteiger charge is 2.62. The minimum atomic E-state index is -5.16. The van der Waals surface area contributed by atoms with Crippen molar-refractivity contribution in [3.05, 3.63) is 24.3 Å². The summed E-state index contributed by atoms with van der Waals surface area (Å²) in [5, 5.41) is 3.97. The summed E-state index contributed by atoms with van der Waals surface area (Å²) < 4.78 is 54.6. The third-order valence-electron chi connectivity index (χ3n) is 4.00. The Morgan fingerprint density at radius 1 is 1.38 bits per heavy atom. The van der Waals surface area contributed by atoms with E-state index in [0.29, 0.717) is 25.4 Å². The zero-order valence-electron chi connectivity index (χ0n) is 12.2. The molecule has 1 aromatic rings. The minimum Gasteiger partial charge on any atom is -0.478 e. The van der Waals surface area contributed by atoms with Crippen molar-refractivity contribution in [1.82, 2.24) is 10.3 Å². The first-order chi connectivity index (χ1) is 11.4. The number of carbonyl (C=O) groups excluding carboxylic acids is 1. The number of amidine groups is 1. The quantitative estimate of drug-likeness (QED) is 0.773. The maximum Gasteiger partial charge on any atom is 0.491 e. The van der Waals surface area contributed by atoms with Crippen molar-refractivity contribution in [2.45, 2.75) is 24.5 Å². The number of esters is 1. The van der Waals surface area contributed by atoms with Gasteiger partial charge in [-0.25, -0.2) is 4.79 Å². The predicted molar refractivity (Wildman–Crippen MR) is 73.1 cm³/mol. The Morgan fingerprint density at radius 3 is 2.88 bits per heavy atom. The molecule has 128 valence electrons. The van der Waals surface area contributed by atoms with Gasteiger partial charge in [0.05, 0.1) is 0 Å². The lowest BCUT2D eigenvalue weighted by Crippen LogP contribution is -2.68. The molecule has 0 amide bonds. The molecule has 3 aliphatic heterocycles. The van der Waals surface area contributed by atoms with E-state index in [1.54, 1.807) is 23.1 Å². The van der Waals surface area contributed by atoms with Gasteiger partial charge in [0.1, 0.15) is 6.67 Å². The van der Waals surface area contributed by atoms with Gasteiger partial charge in [-0.05, 0) is 12.1 Å². The number of hydrogen-bond acceptors (Lipinski definition) is 7. The molecule has 0 aromatic heterocycles. The van der Waals surface area contributed by atoms with Crippen LogP contribution in [-0.2, 0) is 9.53 Å². The Hall–Kier alpha value is -2.65. The number of benzene rings is 1. The number of rotatable bonds is 1. The van der Waals surface area contributed by atoms with E-state index in [2.05, 4.69) is 10.5 Å². The third-order valence-corrected chi connectivity index (χ3v) is 4.00. The fourth-order valence-electron chi connectivity index (χ4n) is 2.96. The number of hydrogen-bond donors (Lipinski definition) is 1. The topological polar surface area (TPSA) is 72.4 Å². The summed E-state index contributed by atoms with van der Waals surface area (Å²) in [6.07, 6.45) is -5.79. The van der Waals surface area contributed by atoms with Crippen LogP contribution >= 0.6 is 0 Å². The van der Waals surface area contributed by atoms with E-state index >= 15 is 0 Å². The molecule has 2 atom stereocenters. The summed E-state index contributed by atoms with van der Waals surface area (Å²) in [6.45, 7) is 0.770. The van der Waals surface area contributed by atoms with Crippen LogP contribution in [0.5, 0.6) is 11.5 Å². The number of hydrazone groups is 1. The molecule has 0 saturated carbocycles. The summed E-state index contributed by atoms with van der Waals surface area (Å²) in [6, 6.07) is 6.50. The molecule has 4 rings (SSSR count). The maximum absolute atomic E-state index is 12.8. The summed E-state index contributed by atoms with van der Waals surface area (Å²) >= 11 is 0. The van der Waals surface area contributed by atoms with Crippen LogP contribution in [0.15, 0.2) is 29.4 Å². The van der Waals surface area contributed by atoms with Crippen LogP contribution in [0.4, 0.5) is 13.2 Å². The third kappa shape index (κ3) is 2.13. The fraction of sp³-hybridized carbons (Fsp3) is 0.429. The number of alkyl halides is 3. The molecule has 3 aliphatic rings. The molecule has 24 heavy (non-hydrogen) atoms. The van der Waals surface area contributed by atoms with Crippen LogP contribution < -0.4 is 14.9 Å². The summed E-state index contributed by atoms with van der Waals surface area (Å²) in [5.41, 5.74) is 2.66. The van der Waals surface area contributed by atoms with Crippen molar-refractivity contribution in [2.24, 2.45) is 5.10 Å². The number of halogens is 3. The normalized spacial score (nSPS) is 27.5. The van der Waals surface area contributed by atoms with Crippen molar-refractivity contribution in [1.29, 1.82) is 0 Å². The molecule has 10 heteroatoms. The second kappa shape index (κ2) is 4.92. The van der Waals surface area contributed by atoms with Crippen LogP contribution in [0.25, 0.3) is 0 Å². The Balaban J connectivity index is 1.78. The van der Waals surface area contributed by atoms with E-state index in [1.807, 2.05) is 0 Å². The highest BCUT2D eigenvalue weighted by Crippen LogP contribution is 2.44. The molecule has 0 spiro atoms. The summed E-state index contributed by atoms with van der Waals surface area (Å²) in [4.78, 5) is 13.2. The lowest BCUT2D eigenvalue weighted by atomic mass is 9.97. The Bertz CT molecular complexity index is 723. The van der Waals surface area contributed by atoms with E-state index in [9.17, 15) is 18.0 Å². The number of piperidine rings is 1. The van der Waals surface area contributed by atoms with Crippen LogP contribution in [-0.4, -0.2) is 48.0 Å². The van der Waals surface area contributed by atoms with Crippen LogP contribution in [0.3, 0.4) is 0 Å². The zero-order valence-corrected chi connectivity index (χ0v) is 12.2. The molecule has 1 N–H and O–H groups in total. The molecule has 1 fully saturated rings. The number of nitrogens with one attached hydrogen (secondary N) is 1. The van der Waals surface area contributed by atoms with E-state index in [1.165, 1.54) is 6.07 Å². The zero-order chi connectivity index (χ0) is 16.9. The second-order valence-electron chi connectivity index (χ2n) is 5.51. The molecular weight excluding hydrogens is 331 g/mol. The first kappa shape index (κ1) is 14.9. The number of ether oxygens (including phenoxy) is 3. The number of nitrogens with zero attached hydrogens (tertiary/aromatic N) is 2. The Kier molecular flexibility index (Phi) is 3.06. The van der Waals surface area contributed by atoms with Crippen LogP contribution in [0, 0.1) is 0 Å². The molecule has 1 saturated heterocycles. The average Bonchev–Trinajstić information content (AvgIpc) is 3.01. The van der Waals surface area contributed by atoms with Crippen molar-refractivity contribution in [3.63, 3.8) is 0 Å². The van der Waals surface area contributed by atoms with Gasteiger partial charge in [-0.1, -0.05) is 12.1 Å².